The number of aliphatic hydroxyl groups is 1. The zero-order valence-corrected chi connectivity index (χ0v) is 22.9. The lowest BCUT2D eigenvalue weighted by Gasteiger charge is -2.27. The molecule has 14 heteroatoms. The zero-order chi connectivity index (χ0) is 30.0. The lowest BCUT2D eigenvalue weighted by atomic mass is 9.99. The summed E-state index contributed by atoms with van der Waals surface area (Å²) in [4.78, 5) is 57.9. The van der Waals surface area contributed by atoms with Gasteiger partial charge in [0.1, 0.15) is 24.2 Å². The number of rotatable bonds is 15. The second-order valence-electron chi connectivity index (χ2n) is 9.97. The summed E-state index contributed by atoms with van der Waals surface area (Å²) in [6.07, 6.45) is 0.982. The van der Waals surface area contributed by atoms with E-state index in [1.807, 2.05) is 24.3 Å². The molecule has 2 rings (SSSR count). The van der Waals surface area contributed by atoms with Gasteiger partial charge >= 0.3 is 5.97 Å². The highest BCUT2D eigenvalue weighted by Gasteiger charge is 2.32. The highest BCUT2D eigenvalue weighted by atomic mass is 16.4. The van der Waals surface area contributed by atoms with Crippen LogP contribution in [-0.2, 0) is 25.6 Å². The SMILES string of the molecule is CC(C)C(NC(=O)C(Cc1c[nH]c2ccccc12)NC(=O)C(N)C(C)O)C(=O)NC(CCCN=C(N)N)C(=O)O. The first-order valence-corrected chi connectivity index (χ1v) is 13.0. The number of aromatic nitrogens is 1. The Morgan fingerprint density at radius 3 is 2.23 bits per heavy atom. The Labute approximate surface area is 232 Å². The van der Waals surface area contributed by atoms with Crippen molar-refractivity contribution in [3.63, 3.8) is 0 Å². The predicted octanol–water partition coefficient (Wildman–Crippen LogP) is -1.33. The van der Waals surface area contributed by atoms with E-state index in [9.17, 15) is 29.4 Å². The van der Waals surface area contributed by atoms with Gasteiger partial charge in [-0.1, -0.05) is 32.0 Å². The largest absolute Gasteiger partial charge is 0.480 e. The van der Waals surface area contributed by atoms with Gasteiger partial charge in [0.05, 0.1) is 6.10 Å². The van der Waals surface area contributed by atoms with Crippen LogP contribution < -0.4 is 33.2 Å². The van der Waals surface area contributed by atoms with Crippen molar-refractivity contribution in [2.75, 3.05) is 6.54 Å². The van der Waals surface area contributed by atoms with E-state index in [4.69, 9.17) is 17.2 Å². The summed E-state index contributed by atoms with van der Waals surface area (Å²) < 4.78 is 0. The van der Waals surface area contributed by atoms with E-state index in [-0.39, 0.29) is 25.3 Å². The summed E-state index contributed by atoms with van der Waals surface area (Å²) in [5, 5.41) is 27.9. The van der Waals surface area contributed by atoms with Crippen molar-refractivity contribution in [3.8, 4) is 0 Å². The fourth-order valence-corrected chi connectivity index (χ4v) is 4.03. The minimum absolute atomic E-state index is 0.0586. The number of amides is 3. The Kier molecular flexibility index (Phi) is 11.9. The molecule has 0 aliphatic heterocycles. The molecule has 0 spiro atoms. The molecule has 0 fully saturated rings. The first kappa shape index (κ1) is 32.0. The van der Waals surface area contributed by atoms with E-state index in [0.717, 1.165) is 16.5 Å². The number of carboxylic acid groups (broad SMARTS) is 1. The average Bonchev–Trinajstić information content (AvgIpc) is 3.29. The van der Waals surface area contributed by atoms with Crippen molar-refractivity contribution in [3.05, 3.63) is 36.0 Å². The summed E-state index contributed by atoms with van der Waals surface area (Å²) in [7, 11) is 0. The molecule has 1 aromatic carbocycles. The molecule has 2 aromatic rings. The van der Waals surface area contributed by atoms with E-state index in [0.29, 0.717) is 6.42 Å². The molecular weight excluding hydrogens is 520 g/mol. The molecular formula is C26H40N8O6. The van der Waals surface area contributed by atoms with Crippen LogP contribution >= 0.6 is 0 Å². The van der Waals surface area contributed by atoms with Crippen LogP contribution in [0.2, 0.25) is 0 Å². The van der Waals surface area contributed by atoms with Crippen molar-refractivity contribution < 1.29 is 29.4 Å². The molecule has 0 aliphatic rings. The van der Waals surface area contributed by atoms with Crippen LogP contribution in [0.1, 0.15) is 39.2 Å². The van der Waals surface area contributed by atoms with Crippen LogP contribution in [0.5, 0.6) is 0 Å². The number of fused-ring (bicyclic) bond motifs is 1. The molecule has 0 radical (unpaired) electrons. The quantitative estimate of drug-likeness (QED) is 0.0709. The number of nitrogens with one attached hydrogen (secondary N) is 4. The Bertz CT molecular complexity index is 1210. The van der Waals surface area contributed by atoms with Gasteiger partial charge in [0.25, 0.3) is 0 Å². The van der Waals surface area contributed by atoms with E-state index in [2.05, 4.69) is 25.9 Å². The molecule has 0 aliphatic carbocycles. The van der Waals surface area contributed by atoms with Gasteiger partial charge in [-0.05, 0) is 37.3 Å². The number of aliphatic imine (C=N–C) groups is 1. The van der Waals surface area contributed by atoms with Crippen molar-refractivity contribution in [1.29, 1.82) is 0 Å². The van der Waals surface area contributed by atoms with Crippen molar-refractivity contribution in [2.45, 2.75) is 70.3 Å². The molecule has 1 aromatic heterocycles. The third-order valence-corrected chi connectivity index (χ3v) is 6.36. The minimum atomic E-state index is -1.28. The number of carbonyl (C=O) groups excluding carboxylic acids is 3. The van der Waals surface area contributed by atoms with Crippen LogP contribution in [0.4, 0.5) is 0 Å². The summed E-state index contributed by atoms with van der Waals surface area (Å²) in [5.41, 5.74) is 17.9. The van der Waals surface area contributed by atoms with Crippen LogP contribution in [-0.4, -0.2) is 81.7 Å². The second kappa shape index (κ2) is 14.8. The Hall–Kier alpha value is -4.17. The van der Waals surface area contributed by atoms with Gasteiger partial charge in [-0.3, -0.25) is 19.4 Å². The van der Waals surface area contributed by atoms with Gasteiger partial charge in [-0.15, -0.1) is 0 Å². The second-order valence-corrected chi connectivity index (χ2v) is 9.97. The number of carbonyl (C=O) groups is 4. The highest BCUT2D eigenvalue weighted by molar-refractivity contribution is 5.95. The molecule has 0 saturated heterocycles. The zero-order valence-electron chi connectivity index (χ0n) is 22.9. The number of nitrogens with zero attached hydrogens (tertiary/aromatic N) is 1. The fraction of sp³-hybridized carbons (Fsp3) is 0.500. The number of benzene rings is 1. The molecule has 1 heterocycles. The van der Waals surface area contributed by atoms with E-state index in [1.165, 1.54) is 6.92 Å². The lowest BCUT2D eigenvalue weighted by molar-refractivity contribution is -0.142. The third kappa shape index (κ3) is 9.24. The normalized spacial score (nSPS) is 14.9. The van der Waals surface area contributed by atoms with Gasteiger partial charge in [0.2, 0.25) is 17.7 Å². The number of aliphatic hydroxyl groups excluding tert-OH is 1. The summed E-state index contributed by atoms with van der Waals surface area (Å²) in [6.45, 7) is 4.93. The summed E-state index contributed by atoms with van der Waals surface area (Å²) >= 11 is 0. The molecule has 0 saturated carbocycles. The van der Waals surface area contributed by atoms with Crippen LogP contribution in [0.3, 0.4) is 0 Å². The van der Waals surface area contributed by atoms with Crippen molar-refractivity contribution in [1.82, 2.24) is 20.9 Å². The molecule has 5 atom stereocenters. The van der Waals surface area contributed by atoms with Crippen molar-refractivity contribution >= 4 is 40.6 Å². The summed E-state index contributed by atoms with van der Waals surface area (Å²) in [5.74, 6) is -3.91. The fourth-order valence-electron chi connectivity index (χ4n) is 4.03. The molecule has 0 bridgehead atoms. The number of hydrogen-bond donors (Lipinski definition) is 9. The number of H-pyrrole nitrogens is 1. The number of para-hydroxylation sites is 1. The molecule has 40 heavy (non-hydrogen) atoms. The van der Waals surface area contributed by atoms with E-state index in [1.54, 1.807) is 20.0 Å². The number of nitrogens with two attached hydrogens (primary N) is 3. The molecule has 3 amide bonds. The summed E-state index contributed by atoms with van der Waals surface area (Å²) in [6, 6.07) is 2.65. The molecule has 220 valence electrons. The monoisotopic (exact) mass is 560 g/mol. The maximum Gasteiger partial charge on any atom is 0.326 e. The minimum Gasteiger partial charge on any atom is -0.480 e. The Morgan fingerprint density at radius 2 is 1.62 bits per heavy atom. The Balaban J connectivity index is 2.23. The Morgan fingerprint density at radius 1 is 0.975 bits per heavy atom. The first-order chi connectivity index (χ1) is 18.8. The number of aliphatic carboxylic acids is 1. The van der Waals surface area contributed by atoms with E-state index < -0.39 is 59.9 Å². The number of carboxylic acids is 1. The number of aromatic amines is 1. The predicted molar refractivity (Wildman–Crippen MR) is 150 cm³/mol. The van der Waals surface area contributed by atoms with Crippen LogP contribution in [0, 0.1) is 5.92 Å². The number of guanidine groups is 1. The topological polar surface area (TPSA) is 251 Å². The van der Waals surface area contributed by atoms with Crippen LogP contribution in [0.15, 0.2) is 35.5 Å². The lowest BCUT2D eigenvalue weighted by Crippen LogP contribution is -2.59. The van der Waals surface area contributed by atoms with Gasteiger partial charge < -0.3 is 48.3 Å². The molecule has 14 nitrogen and oxygen atoms in total. The standard InChI is InChI=1S/C26H40N8O6/c1-13(2)21(24(38)32-18(25(39)40)9-6-10-30-26(28)29)34-22(36)19(33-23(37)20(27)14(3)35)11-15-12-31-17-8-5-4-7-16(15)17/h4-5,7-8,12-14,18-21,31,35H,6,9-11,27H2,1-3H3,(H,32,38)(H,33,37)(H,34,36)(H,39,40)(H4,28,29,30). The van der Waals surface area contributed by atoms with Gasteiger partial charge in [-0.2, -0.15) is 0 Å². The van der Waals surface area contributed by atoms with Gasteiger partial charge in [0, 0.05) is 30.1 Å². The van der Waals surface area contributed by atoms with E-state index >= 15 is 0 Å². The first-order valence-electron chi connectivity index (χ1n) is 13.0. The van der Waals surface area contributed by atoms with Crippen molar-refractivity contribution in [2.24, 2.45) is 28.1 Å². The molecule has 5 unspecified atom stereocenters. The maximum atomic E-state index is 13.5. The smallest absolute Gasteiger partial charge is 0.326 e. The third-order valence-electron chi connectivity index (χ3n) is 6.36. The molecule has 12 N–H and O–H groups in total. The number of hydrogen-bond acceptors (Lipinski definition) is 7. The van der Waals surface area contributed by atoms with Crippen LogP contribution in [0.25, 0.3) is 10.9 Å². The van der Waals surface area contributed by atoms with Gasteiger partial charge in [0.15, 0.2) is 5.96 Å². The highest BCUT2D eigenvalue weighted by Crippen LogP contribution is 2.19. The van der Waals surface area contributed by atoms with Gasteiger partial charge in [-0.25, -0.2) is 4.79 Å². The maximum absolute atomic E-state index is 13.5. The average molecular weight is 561 g/mol.